The molecule has 0 fully saturated rings. The zero-order chi connectivity index (χ0) is 14.8. The van der Waals surface area contributed by atoms with Gasteiger partial charge in [0, 0.05) is 11.1 Å². The summed E-state index contributed by atoms with van der Waals surface area (Å²) in [6, 6.07) is 13.4. The van der Waals surface area contributed by atoms with Crippen LogP contribution in [-0.2, 0) is 0 Å². The van der Waals surface area contributed by atoms with Crippen molar-refractivity contribution < 1.29 is 4.39 Å². The minimum Gasteiger partial charge on any atom is -0.368 e. The van der Waals surface area contributed by atoms with E-state index in [1.807, 2.05) is 24.3 Å². The number of nitrogens with one attached hydrogen (secondary N) is 1. The Labute approximate surface area is 119 Å². The third kappa shape index (κ3) is 2.44. The molecular weight excluding hydrogens is 269 g/mol. The van der Waals surface area contributed by atoms with E-state index in [4.69, 9.17) is 11.0 Å². The zero-order valence-corrected chi connectivity index (χ0v) is 10.8. The van der Waals surface area contributed by atoms with E-state index in [0.717, 1.165) is 5.39 Å². The molecule has 102 valence electrons. The van der Waals surface area contributed by atoms with Crippen molar-refractivity contribution >= 4 is 28.4 Å². The molecule has 0 aliphatic heterocycles. The highest BCUT2D eigenvalue weighted by molar-refractivity contribution is 5.91. The Morgan fingerprint density at radius 3 is 2.76 bits per heavy atom. The van der Waals surface area contributed by atoms with Crippen molar-refractivity contribution in [2.75, 3.05) is 11.1 Å². The number of rotatable bonds is 2. The second-order valence-electron chi connectivity index (χ2n) is 4.38. The summed E-state index contributed by atoms with van der Waals surface area (Å²) in [4.78, 5) is 8.29. The molecule has 0 radical (unpaired) electrons. The van der Waals surface area contributed by atoms with Crippen LogP contribution in [0.15, 0.2) is 42.5 Å². The van der Waals surface area contributed by atoms with Crippen LogP contribution in [0.1, 0.15) is 5.56 Å². The van der Waals surface area contributed by atoms with Gasteiger partial charge in [0.1, 0.15) is 17.7 Å². The summed E-state index contributed by atoms with van der Waals surface area (Å²) in [5.74, 6) is 0.0857. The fourth-order valence-corrected chi connectivity index (χ4v) is 2.02. The number of nitrogens with two attached hydrogens (primary N) is 1. The summed E-state index contributed by atoms with van der Waals surface area (Å²) in [7, 11) is 0. The first kappa shape index (κ1) is 12.8. The number of aromatic nitrogens is 2. The average molecular weight is 279 g/mol. The number of nitrogens with zero attached hydrogens (tertiary/aromatic N) is 3. The van der Waals surface area contributed by atoms with Crippen LogP contribution in [0, 0.1) is 17.1 Å². The zero-order valence-electron chi connectivity index (χ0n) is 10.8. The van der Waals surface area contributed by atoms with E-state index in [9.17, 15) is 4.39 Å². The molecule has 0 saturated heterocycles. The third-order valence-electron chi connectivity index (χ3n) is 2.97. The number of nitriles is 1. The number of hydrogen-bond donors (Lipinski definition) is 2. The number of nitrogen functional groups attached to an aromatic ring is 1. The van der Waals surface area contributed by atoms with Gasteiger partial charge in [-0.2, -0.15) is 10.2 Å². The Kier molecular flexibility index (Phi) is 3.09. The van der Waals surface area contributed by atoms with Crippen molar-refractivity contribution in [3.63, 3.8) is 0 Å². The molecule has 3 rings (SSSR count). The van der Waals surface area contributed by atoms with Gasteiger partial charge in [-0.1, -0.05) is 12.1 Å². The smallest absolute Gasteiger partial charge is 0.222 e. The Hall–Kier alpha value is -3.20. The third-order valence-corrected chi connectivity index (χ3v) is 2.97. The Bertz CT molecular complexity index is 870. The molecule has 3 aromatic rings. The second kappa shape index (κ2) is 5.06. The lowest BCUT2D eigenvalue weighted by Crippen LogP contribution is -2.01. The van der Waals surface area contributed by atoms with Crippen molar-refractivity contribution in [3.05, 3.63) is 53.8 Å². The first-order valence-electron chi connectivity index (χ1n) is 6.16. The molecule has 0 aliphatic rings. The van der Waals surface area contributed by atoms with E-state index in [2.05, 4.69) is 15.3 Å². The molecule has 1 aromatic heterocycles. The van der Waals surface area contributed by atoms with E-state index < -0.39 is 5.82 Å². The predicted molar refractivity (Wildman–Crippen MR) is 78.3 cm³/mol. The minimum absolute atomic E-state index is 0.0358. The molecule has 0 bridgehead atoms. The normalized spacial score (nSPS) is 10.3. The fourth-order valence-electron chi connectivity index (χ4n) is 2.02. The molecule has 0 aliphatic carbocycles. The van der Waals surface area contributed by atoms with E-state index in [0.29, 0.717) is 17.0 Å². The van der Waals surface area contributed by atoms with Gasteiger partial charge in [0.25, 0.3) is 0 Å². The van der Waals surface area contributed by atoms with Gasteiger partial charge in [0.05, 0.1) is 11.1 Å². The summed E-state index contributed by atoms with van der Waals surface area (Å²) < 4.78 is 13.3. The highest BCUT2D eigenvalue weighted by Crippen LogP contribution is 2.25. The lowest BCUT2D eigenvalue weighted by Gasteiger charge is -2.09. The Morgan fingerprint density at radius 2 is 1.95 bits per heavy atom. The highest BCUT2D eigenvalue weighted by atomic mass is 19.1. The lowest BCUT2D eigenvalue weighted by molar-refractivity contribution is 0.624. The predicted octanol–water partition coefficient (Wildman–Crippen LogP) is 2.97. The molecule has 0 saturated carbocycles. The standard InChI is InChI=1S/C15H10FN5/c16-12-6-5-10(7-9(12)8-17)19-14-11-3-1-2-4-13(11)20-15(18)21-14/h1-7H,(H3,18,19,20,21). The summed E-state index contributed by atoms with van der Waals surface area (Å²) >= 11 is 0. The monoisotopic (exact) mass is 279 g/mol. The number of benzene rings is 2. The van der Waals surface area contributed by atoms with Crippen LogP contribution in [0.4, 0.5) is 21.8 Å². The number of anilines is 3. The van der Waals surface area contributed by atoms with Gasteiger partial charge in [0.2, 0.25) is 5.95 Å². The molecule has 0 unspecified atom stereocenters. The van der Waals surface area contributed by atoms with Crippen LogP contribution in [0.3, 0.4) is 0 Å². The summed E-state index contributed by atoms with van der Waals surface area (Å²) in [6.07, 6.45) is 0. The molecule has 3 N–H and O–H groups in total. The maximum absolute atomic E-state index is 13.3. The number of hydrogen-bond acceptors (Lipinski definition) is 5. The van der Waals surface area contributed by atoms with Crippen molar-refractivity contribution in [2.24, 2.45) is 0 Å². The molecule has 5 nitrogen and oxygen atoms in total. The van der Waals surface area contributed by atoms with Crippen molar-refractivity contribution in [1.29, 1.82) is 5.26 Å². The van der Waals surface area contributed by atoms with Crippen LogP contribution < -0.4 is 11.1 Å². The van der Waals surface area contributed by atoms with E-state index >= 15 is 0 Å². The topological polar surface area (TPSA) is 87.6 Å². The van der Waals surface area contributed by atoms with Crippen LogP contribution in [0.25, 0.3) is 10.9 Å². The number of fused-ring (bicyclic) bond motifs is 1. The van der Waals surface area contributed by atoms with Gasteiger partial charge in [-0.15, -0.1) is 0 Å². The molecule has 0 amide bonds. The molecule has 21 heavy (non-hydrogen) atoms. The van der Waals surface area contributed by atoms with Crippen LogP contribution in [0.2, 0.25) is 0 Å². The molecule has 6 heteroatoms. The molecule has 0 spiro atoms. The van der Waals surface area contributed by atoms with Gasteiger partial charge in [0.15, 0.2) is 0 Å². The van der Waals surface area contributed by atoms with Gasteiger partial charge < -0.3 is 11.1 Å². The quantitative estimate of drug-likeness (QED) is 0.753. The summed E-state index contributed by atoms with van der Waals surface area (Å²) in [6.45, 7) is 0. The molecule has 0 atom stereocenters. The van der Waals surface area contributed by atoms with Crippen molar-refractivity contribution in [1.82, 2.24) is 9.97 Å². The van der Waals surface area contributed by atoms with Crippen molar-refractivity contribution in [3.8, 4) is 6.07 Å². The molecular formula is C15H10FN5. The molecule has 2 aromatic carbocycles. The minimum atomic E-state index is -0.560. The van der Waals surface area contributed by atoms with Crippen LogP contribution in [-0.4, -0.2) is 9.97 Å². The Balaban J connectivity index is 2.08. The first-order chi connectivity index (χ1) is 10.2. The van der Waals surface area contributed by atoms with Crippen LogP contribution >= 0.6 is 0 Å². The number of halogens is 1. The van der Waals surface area contributed by atoms with E-state index in [1.165, 1.54) is 18.2 Å². The largest absolute Gasteiger partial charge is 0.368 e. The lowest BCUT2D eigenvalue weighted by atomic mass is 10.2. The Morgan fingerprint density at radius 1 is 1.14 bits per heavy atom. The summed E-state index contributed by atoms with van der Waals surface area (Å²) in [5, 5.41) is 12.7. The van der Waals surface area contributed by atoms with Crippen LogP contribution in [0.5, 0.6) is 0 Å². The average Bonchev–Trinajstić information content (AvgIpc) is 2.49. The van der Waals surface area contributed by atoms with Gasteiger partial charge in [-0.3, -0.25) is 0 Å². The fraction of sp³-hybridized carbons (Fsp3) is 0. The highest BCUT2D eigenvalue weighted by Gasteiger charge is 2.08. The number of para-hydroxylation sites is 1. The van der Waals surface area contributed by atoms with E-state index in [1.54, 1.807) is 6.07 Å². The van der Waals surface area contributed by atoms with Gasteiger partial charge >= 0.3 is 0 Å². The van der Waals surface area contributed by atoms with Gasteiger partial charge in [-0.05, 0) is 30.3 Å². The summed E-state index contributed by atoms with van der Waals surface area (Å²) in [5.41, 5.74) is 6.90. The van der Waals surface area contributed by atoms with Crippen molar-refractivity contribution in [2.45, 2.75) is 0 Å². The van der Waals surface area contributed by atoms with E-state index in [-0.39, 0.29) is 11.5 Å². The first-order valence-corrected chi connectivity index (χ1v) is 6.16. The SMILES string of the molecule is N#Cc1cc(Nc2nc(N)nc3ccccc23)ccc1F. The second-order valence-corrected chi connectivity index (χ2v) is 4.38. The van der Waals surface area contributed by atoms with Gasteiger partial charge in [-0.25, -0.2) is 9.37 Å². The maximum Gasteiger partial charge on any atom is 0.222 e. The maximum atomic E-state index is 13.3. The molecule has 1 heterocycles.